The molecule has 1 aliphatic rings. The predicted octanol–water partition coefficient (Wildman–Crippen LogP) is 3.83. The van der Waals surface area contributed by atoms with Gasteiger partial charge in [-0.25, -0.2) is 4.79 Å². The second-order valence-corrected chi connectivity index (χ2v) is 7.31. The van der Waals surface area contributed by atoms with Crippen molar-refractivity contribution in [2.24, 2.45) is 5.92 Å². The van der Waals surface area contributed by atoms with E-state index in [9.17, 15) is 9.59 Å². The van der Waals surface area contributed by atoms with Crippen LogP contribution in [0.2, 0.25) is 0 Å². The summed E-state index contributed by atoms with van der Waals surface area (Å²) in [6, 6.07) is 7.88. The summed E-state index contributed by atoms with van der Waals surface area (Å²) in [5.41, 5.74) is 1.48. The number of nitrogens with one attached hydrogen (secondary N) is 1. The largest absolute Gasteiger partial charge is 0.444 e. The van der Waals surface area contributed by atoms with E-state index < -0.39 is 5.60 Å². The van der Waals surface area contributed by atoms with Crippen molar-refractivity contribution in [1.29, 1.82) is 0 Å². The third-order valence-electron chi connectivity index (χ3n) is 4.05. The second kappa shape index (κ2) is 7.69. The van der Waals surface area contributed by atoms with Crippen molar-refractivity contribution in [3.8, 4) is 0 Å². The highest BCUT2D eigenvalue weighted by atomic mass is 16.6. The van der Waals surface area contributed by atoms with Gasteiger partial charge in [0.25, 0.3) is 0 Å². The van der Waals surface area contributed by atoms with Crippen molar-refractivity contribution in [3.63, 3.8) is 0 Å². The fourth-order valence-corrected chi connectivity index (χ4v) is 2.80. The van der Waals surface area contributed by atoms with E-state index in [1.54, 1.807) is 4.90 Å². The lowest BCUT2D eigenvalue weighted by Crippen LogP contribution is -2.45. The number of ether oxygens (including phenoxy) is 1. The molecular formula is C19H28N2O3. The van der Waals surface area contributed by atoms with E-state index in [4.69, 9.17) is 4.74 Å². The second-order valence-electron chi connectivity index (χ2n) is 7.31. The molecule has 0 radical (unpaired) electrons. The molecule has 0 aromatic heterocycles. The SMILES string of the molecule is CCc1cccc(NC(=O)C2CCCN(C(=O)OC(C)(C)C)C2)c1. The number of hydrogen-bond acceptors (Lipinski definition) is 3. The summed E-state index contributed by atoms with van der Waals surface area (Å²) < 4.78 is 5.41. The third-order valence-corrected chi connectivity index (χ3v) is 4.05. The first kappa shape index (κ1) is 18.3. The van der Waals surface area contributed by atoms with Crippen LogP contribution in [0.4, 0.5) is 10.5 Å². The van der Waals surface area contributed by atoms with Crippen LogP contribution >= 0.6 is 0 Å². The number of benzene rings is 1. The Morgan fingerprint density at radius 2 is 2.08 bits per heavy atom. The molecule has 0 saturated carbocycles. The van der Waals surface area contributed by atoms with Gasteiger partial charge in [-0.2, -0.15) is 0 Å². The fraction of sp³-hybridized carbons (Fsp3) is 0.579. The van der Waals surface area contributed by atoms with Gasteiger partial charge in [0.1, 0.15) is 5.60 Å². The standard InChI is InChI=1S/C19H28N2O3/c1-5-14-8-6-10-16(12-14)20-17(22)15-9-7-11-21(13-15)18(23)24-19(2,3)4/h6,8,10,12,15H,5,7,9,11,13H2,1-4H3,(H,20,22). The lowest BCUT2D eigenvalue weighted by molar-refractivity contribution is -0.121. The van der Waals surface area contributed by atoms with E-state index in [0.717, 1.165) is 24.9 Å². The molecule has 1 atom stereocenters. The Kier molecular flexibility index (Phi) is 5.86. The van der Waals surface area contributed by atoms with Gasteiger partial charge in [0, 0.05) is 18.8 Å². The van der Waals surface area contributed by atoms with E-state index >= 15 is 0 Å². The number of carbonyl (C=O) groups is 2. The average Bonchev–Trinajstić information content (AvgIpc) is 2.53. The van der Waals surface area contributed by atoms with Crippen LogP contribution in [0.25, 0.3) is 0 Å². The van der Waals surface area contributed by atoms with Crippen LogP contribution in [0.1, 0.15) is 46.1 Å². The Bertz CT molecular complexity index is 593. The van der Waals surface area contributed by atoms with E-state index in [0.29, 0.717) is 13.1 Å². The molecule has 0 spiro atoms. The van der Waals surface area contributed by atoms with Crippen LogP contribution in [-0.2, 0) is 16.0 Å². The van der Waals surface area contributed by atoms with Crippen molar-refractivity contribution in [3.05, 3.63) is 29.8 Å². The Labute approximate surface area is 144 Å². The molecule has 5 heteroatoms. The first-order valence-electron chi connectivity index (χ1n) is 8.66. The summed E-state index contributed by atoms with van der Waals surface area (Å²) in [6.45, 7) is 8.68. The maximum Gasteiger partial charge on any atom is 0.410 e. The van der Waals surface area contributed by atoms with Gasteiger partial charge in [-0.1, -0.05) is 19.1 Å². The van der Waals surface area contributed by atoms with Crippen molar-refractivity contribution < 1.29 is 14.3 Å². The van der Waals surface area contributed by atoms with Gasteiger partial charge in [0.05, 0.1) is 5.92 Å². The molecule has 1 N–H and O–H groups in total. The van der Waals surface area contributed by atoms with Crippen molar-refractivity contribution in [1.82, 2.24) is 4.90 Å². The molecule has 2 rings (SSSR count). The van der Waals surface area contributed by atoms with E-state index in [1.165, 1.54) is 5.56 Å². The van der Waals surface area contributed by atoms with Gasteiger partial charge in [-0.05, 0) is 57.7 Å². The smallest absolute Gasteiger partial charge is 0.410 e. The number of carbonyl (C=O) groups excluding carboxylic acids is 2. The number of hydrogen-bond donors (Lipinski definition) is 1. The Morgan fingerprint density at radius 1 is 1.33 bits per heavy atom. The molecule has 1 unspecified atom stereocenters. The molecule has 1 heterocycles. The van der Waals surface area contributed by atoms with Gasteiger partial charge in [0.15, 0.2) is 0 Å². The lowest BCUT2D eigenvalue weighted by Gasteiger charge is -2.33. The van der Waals surface area contributed by atoms with E-state index in [-0.39, 0.29) is 17.9 Å². The minimum Gasteiger partial charge on any atom is -0.444 e. The zero-order valence-corrected chi connectivity index (χ0v) is 15.1. The van der Waals surface area contributed by atoms with Crippen molar-refractivity contribution in [2.45, 2.75) is 52.6 Å². The number of likely N-dealkylation sites (tertiary alicyclic amines) is 1. The van der Waals surface area contributed by atoms with Crippen molar-refractivity contribution in [2.75, 3.05) is 18.4 Å². The minimum atomic E-state index is -0.521. The lowest BCUT2D eigenvalue weighted by atomic mass is 9.97. The summed E-state index contributed by atoms with van der Waals surface area (Å²) in [4.78, 5) is 26.4. The van der Waals surface area contributed by atoms with Gasteiger partial charge in [0.2, 0.25) is 5.91 Å². The van der Waals surface area contributed by atoms with Crippen LogP contribution in [-0.4, -0.2) is 35.6 Å². The molecule has 1 aliphatic heterocycles. The van der Waals surface area contributed by atoms with Crippen LogP contribution in [0.15, 0.2) is 24.3 Å². The molecule has 132 valence electrons. The van der Waals surface area contributed by atoms with Gasteiger partial charge < -0.3 is 15.0 Å². The number of piperidine rings is 1. The van der Waals surface area contributed by atoms with Crippen LogP contribution < -0.4 is 5.32 Å². The molecule has 24 heavy (non-hydrogen) atoms. The molecule has 1 aromatic rings. The Balaban J connectivity index is 1.95. The quantitative estimate of drug-likeness (QED) is 0.915. The van der Waals surface area contributed by atoms with Crippen LogP contribution in [0.3, 0.4) is 0 Å². The van der Waals surface area contributed by atoms with Gasteiger partial charge in [-0.3, -0.25) is 4.79 Å². The summed E-state index contributed by atoms with van der Waals surface area (Å²) in [5.74, 6) is -0.229. The predicted molar refractivity (Wildman–Crippen MR) is 95.0 cm³/mol. The molecule has 0 aliphatic carbocycles. The van der Waals surface area contributed by atoms with Crippen LogP contribution in [0, 0.1) is 5.92 Å². The summed E-state index contributed by atoms with van der Waals surface area (Å²) >= 11 is 0. The summed E-state index contributed by atoms with van der Waals surface area (Å²) in [6.07, 6.45) is 2.19. The number of amides is 2. The number of aryl methyl sites for hydroxylation is 1. The number of rotatable bonds is 3. The fourth-order valence-electron chi connectivity index (χ4n) is 2.80. The normalized spacial score (nSPS) is 18.2. The first-order valence-corrected chi connectivity index (χ1v) is 8.66. The van der Waals surface area contributed by atoms with Gasteiger partial charge in [-0.15, -0.1) is 0 Å². The van der Waals surface area contributed by atoms with E-state index in [1.807, 2.05) is 45.0 Å². The molecule has 2 amide bonds. The topological polar surface area (TPSA) is 58.6 Å². The minimum absolute atomic E-state index is 0.0310. The highest BCUT2D eigenvalue weighted by Crippen LogP contribution is 2.21. The van der Waals surface area contributed by atoms with E-state index in [2.05, 4.69) is 12.2 Å². The zero-order valence-electron chi connectivity index (χ0n) is 15.1. The highest BCUT2D eigenvalue weighted by molar-refractivity contribution is 5.93. The Hall–Kier alpha value is -2.04. The third kappa shape index (κ3) is 5.25. The maximum absolute atomic E-state index is 12.5. The zero-order chi connectivity index (χ0) is 17.7. The molecule has 1 fully saturated rings. The summed E-state index contributed by atoms with van der Waals surface area (Å²) in [7, 11) is 0. The average molecular weight is 332 g/mol. The maximum atomic E-state index is 12.5. The monoisotopic (exact) mass is 332 g/mol. The molecule has 0 bridgehead atoms. The summed E-state index contributed by atoms with van der Waals surface area (Å²) in [5, 5.41) is 2.98. The Morgan fingerprint density at radius 3 is 2.75 bits per heavy atom. The highest BCUT2D eigenvalue weighted by Gasteiger charge is 2.31. The molecular weight excluding hydrogens is 304 g/mol. The van der Waals surface area contributed by atoms with Crippen molar-refractivity contribution >= 4 is 17.7 Å². The number of anilines is 1. The molecule has 1 saturated heterocycles. The van der Waals surface area contributed by atoms with Gasteiger partial charge >= 0.3 is 6.09 Å². The number of nitrogens with zero attached hydrogens (tertiary/aromatic N) is 1. The van der Waals surface area contributed by atoms with Crippen LogP contribution in [0.5, 0.6) is 0 Å². The molecule has 5 nitrogen and oxygen atoms in total. The first-order chi connectivity index (χ1) is 11.3. The molecule has 1 aromatic carbocycles.